The molecule has 0 N–H and O–H groups in total. The van der Waals surface area contributed by atoms with Crippen LogP contribution >= 0.6 is 0 Å². The smallest absolute Gasteiger partial charge is 0.227 e. The van der Waals surface area contributed by atoms with Crippen molar-refractivity contribution in [3.8, 4) is 5.69 Å². The van der Waals surface area contributed by atoms with Crippen LogP contribution in [0.25, 0.3) is 16.8 Å². The highest BCUT2D eigenvalue weighted by atomic mass is 16.3. The van der Waals surface area contributed by atoms with E-state index in [1.165, 1.54) is 0 Å². The second kappa shape index (κ2) is 8.02. The van der Waals surface area contributed by atoms with Gasteiger partial charge < -0.3 is 9.32 Å². The number of likely N-dealkylation sites (tertiary alicyclic amines) is 1. The maximum atomic E-state index is 13.1. The molecule has 158 valence electrons. The van der Waals surface area contributed by atoms with Crippen molar-refractivity contribution in [3.05, 3.63) is 77.4 Å². The Morgan fingerprint density at radius 3 is 2.48 bits per heavy atom. The molecule has 2 aromatic heterocycles. The number of para-hydroxylation sites is 3. The van der Waals surface area contributed by atoms with E-state index < -0.39 is 0 Å². The molecular formula is C25H26N4O2. The molecule has 0 spiro atoms. The summed E-state index contributed by atoms with van der Waals surface area (Å²) >= 11 is 0. The third-order valence-electron chi connectivity index (χ3n) is 6.28. The molecule has 5 rings (SSSR count). The van der Waals surface area contributed by atoms with Gasteiger partial charge >= 0.3 is 0 Å². The highest BCUT2D eigenvalue weighted by molar-refractivity contribution is 5.79. The molecule has 0 saturated carbocycles. The van der Waals surface area contributed by atoms with Crippen LogP contribution in [0, 0.1) is 13.8 Å². The molecule has 31 heavy (non-hydrogen) atoms. The van der Waals surface area contributed by atoms with Crippen LogP contribution in [0.15, 0.2) is 59.0 Å². The minimum Gasteiger partial charge on any atom is -0.440 e. The average molecular weight is 415 g/mol. The number of oxazole rings is 1. The number of benzene rings is 2. The third kappa shape index (κ3) is 3.74. The summed E-state index contributed by atoms with van der Waals surface area (Å²) in [4.78, 5) is 19.7. The first kappa shape index (κ1) is 19.5. The minimum atomic E-state index is 0.162. The first-order valence-electron chi connectivity index (χ1n) is 10.8. The lowest BCUT2D eigenvalue weighted by molar-refractivity contribution is -0.131. The van der Waals surface area contributed by atoms with E-state index in [0.29, 0.717) is 6.42 Å². The highest BCUT2D eigenvalue weighted by Crippen LogP contribution is 2.30. The number of aryl methyl sites for hydroxylation is 1. The number of carbonyl (C=O) groups excluding carboxylic acids is 1. The molecule has 6 heteroatoms. The van der Waals surface area contributed by atoms with E-state index in [4.69, 9.17) is 4.42 Å². The topological polar surface area (TPSA) is 64.2 Å². The fourth-order valence-electron chi connectivity index (χ4n) is 4.45. The van der Waals surface area contributed by atoms with Crippen molar-refractivity contribution in [2.75, 3.05) is 13.1 Å². The summed E-state index contributed by atoms with van der Waals surface area (Å²) in [6, 6.07) is 17.9. The molecule has 1 aliphatic heterocycles. The zero-order chi connectivity index (χ0) is 21.4. The first-order valence-corrected chi connectivity index (χ1v) is 10.8. The Balaban J connectivity index is 1.26. The molecule has 0 atom stereocenters. The van der Waals surface area contributed by atoms with Crippen molar-refractivity contribution in [2.45, 2.75) is 39.0 Å². The van der Waals surface area contributed by atoms with Gasteiger partial charge in [0.1, 0.15) is 5.52 Å². The van der Waals surface area contributed by atoms with Crippen molar-refractivity contribution < 1.29 is 9.21 Å². The maximum absolute atomic E-state index is 13.1. The monoisotopic (exact) mass is 414 g/mol. The molecule has 0 bridgehead atoms. The summed E-state index contributed by atoms with van der Waals surface area (Å²) in [6.45, 7) is 5.48. The molecule has 1 amide bonds. The Hall–Kier alpha value is -3.41. The normalized spacial score (nSPS) is 15.0. The zero-order valence-corrected chi connectivity index (χ0v) is 17.9. The fourth-order valence-corrected chi connectivity index (χ4v) is 4.45. The quantitative estimate of drug-likeness (QED) is 0.490. The second-order valence-electron chi connectivity index (χ2n) is 8.25. The van der Waals surface area contributed by atoms with Crippen LogP contribution in [0.2, 0.25) is 0 Å². The molecule has 2 aromatic carbocycles. The van der Waals surface area contributed by atoms with Gasteiger partial charge in [-0.1, -0.05) is 30.3 Å². The Labute approximate surface area is 181 Å². The third-order valence-corrected chi connectivity index (χ3v) is 6.28. The number of fused-ring (bicyclic) bond motifs is 1. The van der Waals surface area contributed by atoms with E-state index >= 15 is 0 Å². The Morgan fingerprint density at radius 1 is 1.03 bits per heavy atom. The summed E-state index contributed by atoms with van der Waals surface area (Å²) in [6.07, 6.45) is 2.14. The van der Waals surface area contributed by atoms with Crippen LogP contribution < -0.4 is 0 Å². The zero-order valence-electron chi connectivity index (χ0n) is 17.9. The molecule has 1 fully saturated rings. The summed E-state index contributed by atoms with van der Waals surface area (Å²) in [5.41, 5.74) is 5.71. The molecular weight excluding hydrogens is 388 g/mol. The number of hydrogen-bond acceptors (Lipinski definition) is 4. The van der Waals surface area contributed by atoms with Gasteiger partial charge in [-0.3, -0.25) is 4.79 Å². The van der Waals surface area contributed by atoms with Gasteiger partial charge in [0.15, 0.2) is 11.5 Å². The molecule has 3 heterocycles. The van der Waals surface area contributed by atoms with Gasteiger partial charge in [0.2, 0.25) is 5.91 Å². The lowest BCUT2D eigenvalue weighted by Gasteiger charge is -2.30. The fraction of sp³-hybridized carbons (Fsp3) is 0.320. The first-order chi connectivity index (χ1) is 15.1. The summed E-state index contributed by atoms with van der Waals surface area (Å²) < 4.78 is 7.88. The van der Waals surface area contributed by atoms with Gasteiger partial charge in [0.05, 0.1) is 17.8 Å². The Bertz CT molecular complexity index is 1180. The summed E-state index contributed by atoms with van der Waals surface area (Å²) in [5, 5.41) is 4.68. The molecule has 1 aliphatic rings. The van der Waals surface area contributed by atoms with Crippen LogP contribution in [-0.2, 0) is 11.2 Å². The van der Waals surface area contributed by atoms with E-state index in [-0.39, 0.29) is 11.8 Å². The number of hydrogen-bond donors (Lipinski definition) is 0. The van der Waals surface area contributed by atoms with Gasteiger partial charge in [-0.2, -0.15) is 5.10 Å². The number of rotatable bonds is 4. The van der Waals surface area contributed by atoms with E-state index in [2.05, 4.69) is 10.1 Å². The number of amides is 1. The van der Waals surface area contributed by atoms with E-state index in [9.17, 15) is 4.79 Å². The van der Waals surface area contributed by atoms with Gasteiger partial charge in [-0.05, 0) is 51.0 Å². The SMILES string of the molecule is Cc1nn(-c2ccccc2)c(C)c1CC(=O)N1CCC(c2nc3ccccc3o2)CC1. The van der Waals surface area contributed by atoms with Crippen LogP contribution in [0.1, 0.15) is 41.6 Å². The standard InChI is InChI=1S/C25H26N4O2/c1-17-21(18(2)29(27-17)20-8-4-3-5-9-20)16-24(30)28-14-12-19(13-15-28)25-26-22-10-6-7-11-23(22)31-25/h3-11,19H,12-16H2,1-2H3. The van der Waals surface area contributed by atoms with Crippen LogP contribution in [-0.4, -0.2) is 38.7 Å². The molecule has 6 nitrogen and oxygen atoms in total. The van der Waals surface area contributed by atoms with Gasteiger partial charge in [0.25, 0.3) is 0 Å². The molecule has 4 aromatic rings. The second-order valence-corrected chi connectivity index (χ2v) is 8.25. The van der Waals surface area contributed by atoms with E-state index in [1.54, 1.807) is 0 Å². The lowest BCUT2D eigenvalue weighted by atomic mass is 9.96. The van der Waals surface area contributed by atoms with Crippen molar-refractivity contribution in [2.24, 2.45) is 0 Å². The molecule has 0 aliphatic carbocycles. The lowest BCUT2D eigenvalue weighted by Crippen LogP contribution is -2.39. The highest BCUT2D eigenvalue weighted by Gasteiger charge is 2.28. The van der Waals surface area contributed by atoms with E-state index in [0.717, 1.165) is 65.6 Å². The number of carbonyl (C=O) groups is 1. The summed E-state index contributed by atoms with van der Waals surface area (Å²) in [5.74, 6) is 1.22. The Kier molecular flexibility index (Phi) is 5.06. The van der Waals surface area contributed by atoms with Crippen LogP contribution in [0.3, 0.4) is 0 Å². The predicted octanol–water partition coefficient (Wildman–Crippen LogP) is 4.58. The average Bonchev–Trinajstić information content (AvgIpc) is 3.36. The Morgan fingerprint density at radius 2 is 1.74 bits per heavy atom. The number of nitrogens with zero attached hydrogens (tertiary/aromatic N) is 4. The molecule has 0 radical (unpaired) electrons. The van der Waals surface area contributed by atoms with Crippen LogP contribution in [0.4, 0.5) is 0 Å². The van der Waals surface area contributed by atoms with Gasteiger partial charge in [0, 0.05) is 30.3 Å². The maximum Gasteiger partial charge on any atom is 0.227 e. The number of aromatic nitrogens is 3. The van der Waals surface area contributed by atoms with Crippen molar-refractivity contribution >= 4 is 17.0 Å². The van der Waals surface area contributed by atoms with Gasteiger partial charge in [-0.25, -0.2) is 9.67 Å². The predicted molar refractivity (Wildman–Crippen MR) is 119 cm³/mol. The van der Waals surface area contributed by atoms with Crippen molar-refractivity contribution in [3.63, 3.8) is 0 Å². The van der Waals surface area contributed by atoms with Gasteiger partial charge in [-0.15, -0.1) is 0 Å². The molecule has 1 saturated heterocycles. The van der Waals surface area contributed by atoms with Crippen molar-refractivity contribution in [1.29, 1.82) is 0 Å². The summed E-state index contributed by atoms with van der Waals surface area (Å²) in [7, 11) is 0. The minimum absolute atomic E-state index is 0.162. The molecule has 0 unspecified atom stereocenters. The van der Waals surface area contributed by atoms with Crippen LogP contribution in [0.5, 0.6) is 0 Å². The van der Waals surface area contributed by atoms with E-state index in [1.807, 2.05) is 78.0 Å². The largest absolute Gasteiger partial charge is 0.440 e. The van der Waals surface area contributed by atoms with Crippen molar-refractivity contribution in [1.82, 2.24) is 19.7 Å². The number of piperidine rings is 1.